The monoisotopic (exact) mass is 432 g/mol. The van der Waals surface area contributed by atoms with Crippen molar-refractivity contribution in [2.75, 3.05) is 0 Å². The second-order valence-corrected chi connectivity index (χ2v) is 10.9. The number of rotatable bonds is 3. The van der Waals surface area contributed by atoms with E-state index in [0.717, 1.165) is 27.9 Å². The zero-order chi connectivity index (χ0) is 23.4. The second-order valence-electron chi connectivity index (χ2n) is 10.9. The number of nitrogens with zero attached hydrogens (tertiary/aromatic N) is 2. The molecule has 0 aliphatic heterocycles. The van der Waals surface area contributed by atoms with Crippen LogP contribution in [0.25, 0.3) is 33.5 Å². The maximum absolute atomic E-state index is 4.89. The van der Waals surface area contributed by atoms with Crippen molar-refractivity contribution in [1.82, 2.24) is 9.97 Å². The average molecular weight is 433 g/mol. The number of hydrogen-bond acceptors (Lipinski definition) is 2. The molecule has 0 unspecified atom stereocenters. The van der Waals surface area contributed by atoms with Crippen molar-refractivity contribution in [1.29, 1.82) is 0 Å². The third kappa shape index (κ3) is 3.15. The quantitative estimate of drug-likeness (QED) is 0.327. The number of benzene rings is 2. The lowest BCUT2D eigenvalue weighted by atomic mass is 9.59. The van der Waals surface area contributed by atoms with Crippen LogP contribution in [0.3, 0.4) is 0 Å². The summed E-state index contributed by atoms with van der Waals surface area (Å²) in [6, 6.07) is 23.7. The van der Waals surface area contributed by atoms with Crippen LogP contribution in [0, 0.1) is 5.41 Å². The van der Waals surface area contributed by atoms with Gasteiger partial charge in [-0.05, 0) is 56.7 Å². The van der Waals surface area contributed by atoms with Crippen molar-refractivity contribution in [2.45, 2.75) is 52.4 Å². The molecule has 1 aliphatic carbocycles. The third-order valence-electron chi connectivity index (χ3n) is 8.77. The molecule has 0 amide bonds. The minimum atomic E-state index is 0.0867. The average Bonchev–Trinajstić information content (AvgIpc) is 2.94. The Labute approximate surface area is 197 Å². The van der Waals surface area contributed by atoms with E-state index in [1.54, 1.807) is 0 Å². The molecule has 5 rings (SSSR count). The summed E-state index contributed by atoms with van der Waals surface area (Å²) < 4.78 is 0. The van der Waals surface area contributed by atoms with Crippen molar-refractivity contribution in [2.24, 2.45) is 5.41 Å². The van der Waals surface area contributed by atoms with Crippen molar-refractivity contribution >= 4 is 0 Å². The minimum Gasteiger partial charge on any atom is -0.264 e. The highest BCUT2D eigenvalue weighted by molar-refractivity contribution is 5.83. The smallest absolute Gasteiger partial charge is 0.0702 e. The SMILES string of the molecule is CC1(C)c2ccc(-c3ccc(-c4ccncc4-c4ccccc4)cn3)cc2C(C)(C)C1(C)C. The Kier molecular flexibility index (Phi) is 4.83. The molecule has 0 saturated heterocycles. The van der Waals surface area contributed by atoms with Crippen molar-refractivity contribution in [3.8, 4) is 33.5 Å². The lowest BCUT2D eigenvalue weighted by molar-refractivity contribution is 0.125. The maximum atomic E-state index is 4.89. The first-order valence-corrected chi connectivity index (χ1v) is 11.8. The summed E-state index contributed by atoms with van der Waals surface area (Å²) in [6.07, 6.45) is 5.77. The molecular weight excluding hydrogens is 400 g/mol. The third-order valence-corrected chi connectivity index (χ3v) is 8.77. The molecule has 0 spiro atoms. The summed E-state index contributed by atoms with van der Waals surface area (Å²) >= 11 is 0. The van der Waals surface area contributed by atoms with Crippen LogP contribution in [0.4, 0.5) is 0 Å². The van der Waals surface area contributed by atoms with Crippen LogP contribution in [0.5, 0.6) is 0 Å². The lowest BCUT2D eigenvalue weighted by Crippen LogP contribution is -2.42. The molecule has 2 heteroatoms. The summed E-state index contributed by atoms with van der Waals surface area (Å²) in [5, 5.41) is 0. The van der Waals surface area contributed by atoms with Gasteiger partial charge in [0.15, 0.2) is 0 Å². The van der Waals surface area contributed by atoms with E-state index in [-0.39, 0.29) is 16.2 Å². The maximum Gasteiger partial charge on any atom is 0.0702 e. The Morgan fingerprint density at radius 3 is 1.97 bits per heavy atom. The Balaban J connectivity index is 1.54. The molecule has 166 valence electrons. The number of hydrogen-bond donors (Lipinski definition) is 0. The Morgan fingerprint density at radius 1 is 0.576 bits per heavy atom. The van der Waals surface area contributed by atoms with Gasteiger partial charge in [0.25, 0.3) is 0 Å². The highest BCUT2D eigenvalue weighted by atomic mass is 14.7. The van der Waals surface area contributed by atoms with Gasteiger partial charge in [0.1, 0.15) is 0 Å². The summed E-state index contributed by atoms with van der Waals surface area (Å²) in [4.78, 5) is 9.25. The van der Waals surface area contributed by atoms with Crippen LogP contribution in [-0.4, -0.2) is 9.97 Å². The van der Waals surface area contributed by atoms with Crippen LogP contribution in [-0.2, 0) is 10.8 Å². The van der Waals surface area contributed by atoms with E-state index in [1.807, 2.05) is 24.7 Å². The largest absolute Gasteiger partial charge is 0.264 e. The number of pyridine rings is 2. The fourth-order valence-electron chi connectivity index (χ4n) is 5.44. The fourth-order valence-corrected chi connectivity index (χ4v) is 5.44. The van der Waals surface area contributed by atoms with Gasteiger partial charge in [-0.3, -0.25) is 9.97 Å². The highest BCUT2D eigenvalue weighted by Crippen LogP contribution is 2.61. The van der Waals surface area contributed by atoms with Gasteiger partial charge in [0, 0.05) is 35.3 Å². The molecule has 0 atom stereocenters. The van der Waals surface area contributed by atoms with Gasteiger partial charge >= 0.3 is 0 Å². The first-order valence-electron chi connectivity index (χ1n) is 11.8. The van der Waals surface area contributed by atoms with Crippen molar-refractivity contribution in [3.63, 3.8) is 0 Å². The van der Waals surface area contributed by atoms with Gasteiger partial charge < -0.3 is 0 Å². The summed E-state index contributed by atoms with van der Waals surface area (Å²) in [6.45, 7) is 14.3. The predicted octanol–water partition coefficient (Wildman–Crippen LogP) is 8.07. The van der Waals surface area contributed by atoms with E-state index in [1.165, 1.54) is 16.7 Å². The minimum absolute atomic E-state index is 0.0867. The van der Waals surface area contributed by atoms with Crippen LogP contribution >= 0.6 is 0 Å². The molecule has 0 saturated carbocycles. The van der Waals surface area contributed by atoms with Crippen LogP contribution < -0.4 is 0 Å². The van der Waals surface area contributed by atoms with Gasteiger partial charge in [-0.2, -0.15) is 0 Å². The first kappa shape index (κ1) is 21.6. The molecule has 0 bridgehead atoms. The van der Waals surface area contributed by atoms with E-state index in [4.69, 9.17) is 4.98 Å². The van der Waals surface area contributed by atoms with Crippen molar-refractivity contribution in [3.05, 3.63) is 96.4 Å². The molecule has 4 aromatic rings. The van der Waals surface area contributed by atoms with E-state index < -0.39 is 0 Å². The molecule has 0 radical (unpaired) electrons. The van der Waals surface area contributed by atoms with Gasteiger partial charge in [-0.1, -0.05) is 90.1 Å². The Bertz CT molecular complexity index is 1310. The molecule has 0 N–H and O–H groups in total. The molecule has 2 nitrogen and oxygen atoms in total. The Hall–Kier alpha value is -3.26. The first-order chi connectivity index (χ1) is 15.6. The van der Waals surface area contributed by atoms with Gasteiger partial charge in [0.05, 0.1) is 5.69 Å². The zero-order valence-electron chi connectivity index (χ0n) is 20.5. The molecule has 33 heavy (non-hydrogen) atoms. The topological polar surface area (TPSA) is 25.8 Å². The second kappa shape index (κ2) is 7.38. The molecule has 2 aromatic carbocycles. The summed E-state index contributed by atoms with van der Waals surface area (Å²) in [5.41, 5.74) is 10.00. The van der Waals surface area contributed by atoms with E-state index in [9.17, 15) is 0 Å². The van der Waals surface area contributed by atoms with Gasteiger partial charge in [0.2, 0.25) is 0 Å². The van der Waals surface area contributed by atoms with Crippen molar-refractivity contribution < 1.29 is 0 Å². The standard InChI is InChI=1S/C31H32N2/c1-29(2)26-14-12-22(18-27(26)30(3,4)31(29,5)6)28-15-13-23(19-33-28)24-16-17-32-20-25(24)21-10-8-7-9-11-21/h7-20H,1-6H3. The van der Waals surface area contributed by atoms with Crippen LogP contribution in [0.15, 0.2) is 85.3 Å². The van der Waals surface area contributed by atoms with Crippen LogP contribution in [0.1, 0.15) is 52.7 Å². The van der Waals surface area contributed by atoms with E-state index in [2.05, 4.69) is 107 Å². The highest BCUT2D eigenvalue weighted by Gasteiger charge is 2.56. The molecule has 2 aromatic heterocycles. The predicted molar refractivity (Wildman–Crippen MR) is 138 cm³/mol. The molecular formula is C31H32N2. The summed E-state index contributed by atoms with van der Waals surface area (Å²) in [7, 11) is 0. The van der Waals surface area contributed by atoms with Gasteiger partial charge in [-0.15, -0.1) is 0 Å². The molecule has 1 aliphatic rings. The zero-order valence-corrected chi connectivity index (χ0v) is 20.5. The lowest BCUT2D eigenvalue weighted by Gasteiger charge is -2.44. The molecule has 0 fully saturated rings. The molecule has 2 heterocycles. The van der Waals surface area contributed by atoms with Crippen LogP contribution in [0.2, 0.25) is 0 Å². The van der Waals surface area contributed by atoms with E-state index >= 15 is 0 Å². The fraction of sp³-hybridized carbons (Fsp3) is 0.290. The number of aromatic nitrogens is 2. The Morgan fingerprint density at radius 2 is 1.27 bits per heavy atom. The number of fused-ring (bicyclic) bond motifs is 1. The van der Waals surface area contributed by atoms with E-state index in [0.29, 0.717) is 0 Å². The normalized spacial score (nSPS) is 17.5. The summed E-state index contributed by atoms with van der Waals surface area (Å²) in [5.74, 6) is 0. The van der Waals surface area contributed by atoms with Gasteiger partial charge in [-0.25, -0.2) is 0 Å².